The van der Waals surface area contributed by atoms with Gasteiger partial charge in [-0.2, -0.15) is 0 Å². The smallest absolute Gasteiger partial charge is 0.148 e. The number of imidazole rings is 1. The Bertz CT molecular complexity index is 3200. The molecule has 2 aromatic heterocycles. The number of fused-ring (bicyclic) bond motifs is 1. The Morgan fingerprint density at radius 3 is 1.95 bits per heavy atom. The Morgan fingerprint density at radius 2 is 1.26 bits per heavy atom. The average Bonchev–Trinajstić information content (AvgIpc) is 3.65. The number of hydrogen-bond donors (Lipinski definition) is 1. The number of nitrogens with zero attached hydrogens (tertiary/aromatic N) is 3. The van der Waals surface area contributed by atoms with Gasteiger partial charge in [-0.1, -0.05) is 164 Å². The number of hydrogen-bond acceptors (Lipinski definition) is 3. The van der Waals surface area contributed by atoms with Gasteiger partial charge >= 0.3 is 0 Å². The Hall–Kier alpha value is -5.57. The fraction of sp³-hybridized carbons (Fsp3) is 0.250. The summed E-state index contributed by atoms with van der Waals surface area (Å²) in [4.78, 5) is 10.3. The molecule has 8 rings (SSSR count). The van der Waals surface area contributed by atoms with Crippen molar-refractivity contribution in [3.8, 4) is 67.5 Å². The van der Waals surface area contributed by atoms with E-state index in [1.165, 1.54) is 17.7 Å². The van der Waals surface area contributed by atoms with Crippen LogP contribution >= 0.6 is 0 Å². The summed E-state index contributed by atoms with van der Waals surface area (Å²) in [7, 11) is 0. The first kappa shape index (κ1) is 33.1. The second-order valence-electron chi connectivity index (χ2n) is 18.0. The molecule has 0 saturated heterocycles. The summed E-state index contributed by atoms with van der Waals surface area (Å²) in [5.41, 5.74) is 7.59. The van der Waals surface area contributed by atoms with Gasteiger partial charge in [0.05, 0.1) is 22.3 Å². The summed E-state index contributed by atoms with van der Waals surface area (Å²) < 4.78 is 79.0. The molecule has 0 aliphatic heterocycles. The predicted molar refractivity (Wildman–Crippen MR) is 252 cm³/mol. The van der Waals surface area contributed by atoms with Gasteiger partial charge in [0, 0.05) is 50.9 Å². The molecule has 61 heavy (non-hydrogen) atoms. The van der Waals surface area contributed by atoms with Crippen LogP contribution in [0.3, 0.4) is 0 Å². The molecule has 0 atom stereocenters. The molecule has 0 aliphatic carbocycles. The molecular formula is C56H56N3OPt-. The van der Waals surface area contributed by atoms with Crippen LogP contribution in [0.1, 0.15) is 102 Å². The average molecular weight is 991 g/mol. The maximum atomic E-state index is 12.1. The van der Waals surface area contributed by atoms with Crippen LogP contribution in [0.25, 0.3) is 72.7 Å². The first-order valence-corrected chi connectivity index (χ1v) is 20.3. The third-order valence-corrected chi connectivity index (χ3v) is 11.3. The van der Waals surface area contributed by atoms with Crippen molar-refractivity contribution in [1.29, 1.82) is 0 Å². The van der Waals surface area contributed by atoms with E-state index in [0.29, 0.717) is 44.8 Å². The van der Waals surface area contributed by atoms with Crippen molar-refractivity contribution < 1.29 is 38.5 Å². The van der Waals surface area contributed by atoms with Crippen LogP contribution in [0.4, 0.5) is 0 Å². The van der Waals surface area contributed by atoms with Crippen molar-refractivity contribution in [2.75, 3.05) is 0 Å². The van der Waals surface area contributed by atoms with Crippen molar-refractivity contribution in [2.45, 2.75) is 92.2 Å². The minimum atomic E-state index is -3.48. The first-order valence-electron chi connectivity index (χ1n) is 24.8. The summed E-state index contributed by atoms with van der Waals surface area (Å²) in [5, 5.41) is 12.1. The molecule has 6 aromatic carbocycles. The van der Waals surface area contributed by atoms with E-state index in [4.69, 9.17) is 22.3 Å². The molecule has 0 bridgehead atoms. The van der Waals surface area contributed by atoms with Crippen LogP contribution in [0.2, 0.25) is 0 Å². The molecule has 5 heteroatoms. The molecule has 0 spiro atoms. The molecule has 4 nitrogen and oxygen atoms in total. The molecule has 0 radical (unpaired) electrons. The third kappa shape index (κ3) is 8.66. The largest absolute Gasteiger partial charge is 0.507 e. The number of rotatable bonds is 6. The van der Waals surface area contributed by atoms with Gasteiger partial charge in [0.25, 0.3) is 0 Å². The van der Waals surface area contributed by atoms with Gasteiger partial charge in [-0.05, 0) is 93.8 Å². The Balaban J connectivity index is 0.00000722. The van der Waals surface area contributed by atoms with Gasteiger partial charge in [0.15, 0.2) is 0 Å². The molecular weight excluding hydrogens is 926 g/mol. The molecule has 8 aromatic rings. The second-order valence-corrected chi connectivity index (χ2v) is 18.0. The maximum Gasteiger partial charge on any atom is 0.148 e. The molecule has 0 fully saturated rings. The van der Waals surface area contributed by atoms with E-state index in [0.717, 1.165) is 44.6 Å². The number of aryl methyl sites for hydroxylation is 2. The van der Waals surface area contributed by atoms with Gasteiger partial charge in [-0.15, -0.1) is 29.3 Å². The van der Waals surface area contributed by atoms with Crippen LogP contribution in [0, 0.1) is 19.9 Å². The van der Waals surface area contributed by atoms with Crippen LogP contribution in [-0.4, -0.2) is 19.6 Å². The fourth-order valence-electron chi connectivity index (χ4n) is 7.73. The SMILES string of the molecule is [2H]C([2H])([2H])C(c1ccc(-n2c(-c3cc(C(C)(C)C)cc(C)c3O)nc3c(-c4[c-]c(-c5cc(-c6ccc(C)cc6)ccn5)cc(C(C)(C)C)c4)cccc32)c(-c2ccccc2)c1)(C([2H])([2H])[2H])C([2H])([2H])[2H].[Pt]. The van der Waals surface area contributed by atoms with E-state index in [-0.39, 0.29) is 43.2 Å². The van der Waals surface area contributed by atoms with Crippen molar-refractivity contribution >= 4 is 11.0 Å². The van der Waals surface area contributed by atoms with Crippen LogP contribution in [0.15, 0.2) is 134 Å². The Morgan fingerprint density at radius 1 is 0.590 bits per heavy atom. The van der Waals surface area contributed by atoms with E-state index in [2.05, 4.69) is 97.0 Å². The predicted octanol–water partition coefficient (Wildman–Crippen LogP) is 14.8. The molecule has 2 heterocycles. The summed E-state index contributed by atoms with van der Waals surface area (Å²) in [6.45, 7) is 6.18. The van der Waals surface area contributed by atoms with Crippen LogP contribution < -0.4 is 0 Å². The van der Waals surface area contributed by atoms with Gasteiger partial charge < -0.3 is 5.11 Å². The minimum Gasteiger partial charge on any atom is -0.507 e. The zero-order valence-corrected chi connectivity index (χ0v) is 38.1. The number of para-hydroxylation sites is 1. The topological polar surface area (TPSA) is 50.9 Å². The number of aromatic nitrogens is 3. The van der Waals surface area contributed by atoms with Crippen LogP contribution in [0.5, 0.6) is 5.75 Å². The maximum absolute atomic E-state index is 12.1. The summed E-state index contributed by atoms with van der Waals surface area (Å²) in [6.07, 6.45) is 1.81. The molecule has 0 unspecified atom stereocenters. The van der Waals surface area contributed by atoms with E-state index in [1.54, 1.807) is 30.3 Å². The third-order valence-electron chi connectivity index (χ3n) is 11.3. The van der Waals surface area contributed by atoms with Crippen LogP contribution in [-0.2, 0) is 37.3 Å². The van der Waals surface area contributed by atoms with Gasteiger partial charge in [0.2, 0.25) is 0 Å². The zero-order chi connectivity index (χ0) is 50.2. The number of phenolic OH excluding ortho intramolecular Hbond substituents is 1. The normalized spacial score (nSPS) is 14.9. The van der Waals surface area contributed by atoms with Gasteiger partial charge in [0.1, 0.15) is 11.6 Å². The minimum absolute atomic E-state index is 0. The fourth-order valence-corrected chi connectivity index (χ4v) is 7.73. The quantitative estimate of drug-likeness (QED) is 0.169. The number of pyridine rings is 1. The molecule has 0 saturated carbocycles. The Kier molecular flexibility index (Phi) is 8.88. The molecule has 312 valence electrons. The number of phenols is 1. The van der Waals surface area contributed by atoms with Crippen molar-refractivity contribution in [3.05, 3.63) is 167 Å². The Labute approximate surface area is 389 Å². The summed E-state index contributed by atoms with van der Waals surface area (Å²) >= 11 is 0. The monoisotopic (exact) mass is 990 g/mol. The van der Waals surface area contributed by atoms with E-state index in [9.17, 15) is 5.11 Å². The summed E-state index contributed by atoms with van der Waals surface area (Å²) in [6, 6.07) is 43.3. The number of benzene rings is 6. The zero-order valence-electron chi connectivity index (χ0n) is 44.8. The van der Waals surface area contributed by atoms with Crippen molar-refractivity contribution in [3.63, 3.8) is 0 Å². The summed E-state index contributed by atoms with van der Waals surface area (Å²) in [5.74, 6) is 0.357. The molecule has 0 aliphatic rings. The van der Waals surface area contributed by atoms with E-state index >= 15 is 0 Å². The molecule has 0 amide bonds. The van der Waals surface area contributed by atoms with Crippen molar-refractivity contribution in [2.24, 2.45) is 0 Å². The second kappa shape index (κ2) is 16.4. The number of aromatic hydroxyl groups is 1. The van der Waals surface area contributed by atoms with Crippen molar-refractivity contribution in [1.82, 2.24) is 14.5 Å². The van der Waals surface area contributed by atoms with E-state index < -0.39 is 26.0 Å². The van der Waals surface area contributed by atoms with Gasteiger partial charge in [-0.3, -0.25) is 9.55 Å². The van der Waals surface area contributed by atoms with E-state index in [1.807, 2.05) is 60.2 Å². The van der Waals surface area contributed by atoms with Gasteiger partial charge in [-0.25, -0.2) is 4.98 Å². The standard InChI is InChI=1S/C56H56N3O.Pt/c1-35-20-22-37(23-21-35)39-26-27-57-48(32-39)41-29-40(30-44(31-41)56(9,10)11)45-18-15-19-50-51(45)58-53(47-34-43(55(6,7)8)28-36(2)52(47)60)59(50)49-25-24-42(54(3,4)5)33-46(49)38-16-13-12-14-17-38;/h12-28,30-34,60H,1-11H3;/q-1;/i3D3,4D3,5D3;. The first-order chi connectivity index (χ1) is 32.1. The molecule has 1 N–H and O–H groups in total.